The number of cyclic esters (lactones) is 1. The lowest BCUT2D eigenvalue weighted by Gasteiger charge is -2.24. The standard InChI is InChI=1S/C25H42O5/c1-6-9-20-13-16(2)12-19(5)24(27)22(26)15-21-14-18(4)23(29-21)11-8-7-10-17(3)25(28)30-20/h17-21,23-24,27H,2,6-15H2,1,3-5H3. The van der Waals surface area contributed by atoms with E-state index in [1.54, 1.807) is 0 Å². The molecule has 2 saturated heterocycles. The highest BCUT2D eigenvalue weighted by molar-refractivity contribution is 5.83. The lowest BCUT2D eigenvalue weighted by atomic mass is 9.89. The molecular formula is C25H42O5. The van der Waals surface area contributed by atoms with Gasteiger partial charge in [-0.2, -0.15) is 0 Å². The number of fused-ring (bicyclic) bond motifs is 2. The van der Waals surface area contributed by atoms with E-state index in [1.807, 2.05) is 13.8 Å². The van der Waals surface area contributed by atoms with Crippen LogP contribution in [0.5, 0.6) is 0 Å². The molecule has 7 atom stereocenters. The summed E-state index contributed by atoms with van der Waals surface area (Å²) in [6.45, 7) is 12.2. The van der Waals surface area contributed by atoms with Gasteiger partial charge in [0.25, 0.3) is 0 Å². The molecule has 2 rings (SSSR count). The van der Waals surface area contributed by atoms with E-state index in [-0.39, 0.29) is 48.3 Å². The average Bonchev–Trinajstić information content (AvgIpc) is 3.02. The number of esters is 1. The van der Waals surface area contributed by atoms with Gasteiger partial charge in [-0.15, -0.1) is 0 Å². The number of carbonyl (C=O) groups excluding carboxylic acids is 2. The maximum Gasteiger partial charge on any atom is 0.308 e. The van der Waals surface area contributed by atoms with Crippen molar-refractivity contribution >= 4 is 11.8 Å². The summed E-state index contributed by atoms with van der Waals surface area (Å²) in [7, 11) is 0. The van der Waals surface area contributed by atoms with Gasteiger partial charge in [0.2, 0.25) is 0 Å². The van der Waals surface area contributed by atoms with Gasteiger partial charge in [0.15, 0.2) is 5.78 Å². The molecule has 2 heterocycles. The minimum atomic E-state index is -1.01. The van der Waals surface area contributed by atoms with Crippen molar-refractivity contribution in [3.63, 3.8) is 0 Å². The molecule has 5 nitrogen and oxygen atoms in total. The number of hydrogen-bond donors (Lipinski definition) is 1. The number of aliphatic hydroxyl groups excluding tert-OH is 1. The van der Waals surface area contributed by atoms with Crippen LogP contribution in [0.2, 0.25) is 0 Å². The van der Waals surface area contributed by atoms with Crippen LogP contribution < -0.4 is 0 Å². The van der Waals surface area contributed by atoms with Gasteiger partial charge in [-0.3, -0.25) is 9.59 Å². The molecule has 172 valence electrons. The molecule has 0 saturated carbocycles. The quantitative estimate of drug-likeness (QED) is 0.501. The Labute approximate surface area is 182 Å². The molecule has 2 bridgehead atoms. The minimum Gasteiger partial charge on any atom is -0.462 e. The summed E-state index contributed by atoms with van der Waals surface area (Å²) in [5.74, 6) is -0.174. The molecule has 0 radical (unpaired) electrons. The van der Waals surface area contributed by atoms with Crippen LogP contribution in [0.25, 0.3) is 0 Å². The van der Waals surface area contributed by atoms with Crippen molar-refractivity contribution < 1.29 is 24.2 Å². The zero-order valence-corrected chi connectivity index (χ0v) is 19.4. The third kappa shape index (κ3) is 7.49. The molecule has 0 aromatic heterocycles. The van der Waals surface area contributed by atoms with E-state index in [9.17, 15) is 14.7 Å². The first-order chi connectivity index (χ1) is 14.2. The number of rotatable bonds is 2. The summed E-state index contributed by atoms with van der Waals surface area (Å²) >= 11 is 0. The topological polar surface area (TPSA) is 72.8 Å². The maximum absolute atomic E-state index is 12.6. The van der Waals surface area contributed by atoms with Crippen molar-refractivity contribution in [2.75, 3.05) is 0 Å². The Hall–Kier alpha value is -1.20. The zero-order valence-electron chi connectivity index (χ0n) is 19.4. The summed E-state index contributed by atoms with van der Waals surface area (Å²) < 4.78 is 12.0. The Morgan fingerprint density at radius 1 is 1.03 bits per heavy atom. The lowest BCUT2D eigenvalue weighted by molar-refractivity contribution is -0.154. The zero-order chi connectivity index (χ0) is 22.3. The van der Waals surface area contributed by atoms with E-state index < -0.39 is 6.10 Å². The largest absolute Gasteiger partial charge is 0.462 e. The first-order valence-corrected chi connectivity index (χ1v) is 11.9. The Kier molecular flexibility index (Phi) is 10.0. The molecule has 0 spiro atoms. The Balaban J connectivity index is 2.09. The molecule has 0 aromatic carbocycles. The van der Waals surface area contributed by atoms with Crippen molar-refractivity contribution in [2.24, 2.45) is 17.8 Å². The fourth-order valence-electron chi connectivity index (χ4n) is 4.84. The first-order valence-electron chi connectivity index (χ1n) is 11.9. The van der Waals surface area contributed by atoms with Crippen molar-refractivity contribution in [2.45, 2.75) is 116 Å². The van der Waals surface area contributed by atoms with Crippen LogP contribution in [0.1, 0.15) is 91.9 Å². The van der Waals surface area contributed by atoms with Crippen molar-refractivity contribution in [1.82, 2.24) is 0 Å². The molecule has 1 N–H and O–H groups in total. The van der Waals surface area contributed by atoms with Gasteiger partial charge in [-0.25, -0.2) is 0 Å². The van der Waals surface area contributed by atoms with E-state index >= 15 is 0 Å². The van der Waals surface area contributed by atoms with Crippen LogP contribution in [0.4, 0.5) is 0 Å². The number of ketones is 1. The second-order valence-electron chi connectivity index (χ2n) is 9.79. The van der Waals surface area contributed by atoms with Crippen LogP contribution in [-0.4, -0.2) is 41.3 Å². The third-order valence-electron chi connectivity index (χ3n) is 6.73. The highest BCUT2D eigenvalue weighted by Crippen LogP contribution is 2.32. The summed E-state index contributed by atoms with van der Waals surface area (Å²) in [6, 6.07) is 0. The predicted molar refractivity (Wildman–Crippen MR) is 118 cm³/mol. The maximum atomic E-state index is 12.6. The van der Waals surface area contributed by atoms with Gasteiger partial charge in [-0.1, -0.05) is 59.1 Å². The minimum absolute atomic E-state index is 0.0933. The van der Waals surface area contributed by atoms with Crippen LogP contribution in [0.15, 0.2) is 12.2 Å². The molecule has 7 unspecified atom stereocenters. The van der Waals surface area contributed by atoms with E-state index in [0.717, 1.165) is 50.5 Å². The van der Waals surface area contributed by atoms with Crippen LogP contribution in [0.3, 0.4) is 0 Å². The van der Waals surface area contributed by atoms with Crippen LogP contribution >= 0.6 is 0 Å². The molecule has 2 aliphatic heterocycles. The molecule has 0 aliphatic carbocycles. The van der Waals surface area contributed by atoms with Crippen LogP contribution in [-0.2, 0) is 19.1 Å². The fourth-order valence-corrected chi connectivity index (χ4v) is 4.84. The Morgan fingerprint density at radius 2 is 1.73 bits per heavy atom. The number of aliphatic hydroxyl groups is 1. The highest BCUT2D eigenvalue weighted by atomic mass is 16.5. The average molecular weight is 423 g/mol. The van der Waals surface area contributed by atoms with E-state index in [2.05, 4.69) is 20.4 Å². The van der Waals surface area contributed by atoms with E-state index in [1.165, 1.54) is 0 Å². The number of ether oxygens (including phenoxy) is 2. The van der Waals surface area contributed by atoms with Gasteiger partial charge in [0.05, 0.1) is 18.1 Å². The van der Waals surface area contributed by atoms with Crippen molar-refractivity contribution in [3.8, 4) is 0 Å². The second-order valence-corrected chi connectivity index (χ2v) is 9.79. The van der Waals surface area contributed by atoms with Gasteiger partial charge >= 0.3 is 5.97 Å². The van der Waals surface area contributed by atoms with Crippen molar-refractivity contribution in [3.05, 3.63) is 12.2 Å². The Bertz CT molecular complexity index is 586. The monoisotopic (exact) mass is 422 g/mol. The summed E-state index contributed by atoms with van der Waals surface area (Å²) in [5.41, 5.74) is 0.917. The lowest BCUT2D eigenvalue weighted by Crippen LogP contribution is -2.31. The molecule has 0 aromatic rings. The molecule has 2 fully saturated rings. The number of hydrogen-bond acceptors (Lipinski definition) is 5. The predicted octanol–water partition coefficient (Wildman–Crippen LogP) is 4.99. The third-order valence-corrected chi connectivity index (χ3v) is 6.73. The SMILES string of the molecule is C=C1CC(CCC)OC(=O)C(C)CCCCC2OC(CC(=O)C(O)C(C)C1)CC2C. The summed E-state index contributed by atoms with van der Waals surface area (Å²) in [6.07, 6.45) is 6.63. The summed E-state index contributed by atoms with van der Waals surface area (Å²) in [4.78, 5) is 25.2. The van der Waals surface area contributed by atoms with Gasteiger partial charge in [-0.05, 0) is 43.9 Å². The smallest absolute Gasteiger partial charge is 0.308 e. The van der Waals surface area contributed by atoms with Crippen LogP contribution in [0, 0.1) is 17.8 Å². The molecular weight excluding hydrogens is 380 g/mol. The second kappa shape index (κ2) is 12.0. The van der Waals surface area contributed by atoms with Crippen molar-refractivity contribution in [1.29, 1.82) is 0 Å². The van der Waals surface area contributed by atoms with Gasteiger partial charge in [0.1, 0.15) is 12.2 Å². The molecule has 30 heavy (non-hydrogen) atoms. The molecule has 0 amide bonds. The van der Waals surface area contributed by atoms with E-state index in [4.69, 9.17) is 9.47 Å². The first kappa shape index (κ1) is 25.1. The number of carbonyl (C=O) groups is 2. The highest BCUT2D eigenvalue weighted by Gasteiger charge is 2.35. The molecule has 2 aliphatic rings. The van der Waals surface area contributed by atoms with E-state index in [0.29, 0.717) is 18.8 Å². The van der Waals surface area contributed by atoms with Gasteiger partial charge in [0, 0.05) is 12.8 Å². The normalized spacial score (nSPS) is 38.0. The fraction of sp³-hybridized carbons (Fsp3) is 0.840. The number of Topliss-reactive ketones (excluding diaryl/α,β-unsaturated/α-hetero) is 1. The summed E-state index contributed by atoms with van der Waals surface area (Å²) in [5, 5.41) is 10.6. The Morgan fingerprint density at radius 3 is 2.43 bits per heavy atom. The van der Waals surface area contributed by atoms with Gasteiger partial charge < -0.3 is 14.6 Å². The molecule has 5 heteroatoms.